The van der Waals surface area contributed by atoms with Crippen LogP contribution >= 0.6 is 0 Å². The predicted octanol–water partition coefficient (Wildman–Crippen LogP) is 21.8. The summed E-state index contributed by atoms with van der Waals surface area (Å²) in [6.07, 6.45) is 77.0. The molecular formula is C67H122O6. The van der Waals surface area contributed by atoms with Crippen molar-refractivity contribution in [3.05, 3.63) is 48.6 Å². The van der Waals surface area contributed by atoms with E-state index in [1.807, 2.05) is 0 Å². The van der Waals surface area contributed by atoms with Crippen LogP contribution in [-0.2, 0) is 28.6 Å². The first-order valence-corrected chi connectivity index (χ1v) is 32.1. The van der Waals surface area contributed by atoms with Gasteiger partial charge in [0.05, 0.1) is 0 Å². The molecule has 426 valence electrons. The number of carbonyl (C=O) groups excluding carboxylic acids is 3. The molecule has 6 nitrogen and oxygen atoms in total. The maximum Gasteiger partial charge on any atom is 0.306 e. The van der Waals surface area contributed by atoms with Crippen LogP contribution in [0.15, 0.2) is 48.6 Å². The molecule has 0 saturated carbocycles. The van der Waals surface area contributed by atoms with Gasteiger partial charge in [-0.1, -0.05) is 288 Å². The van der Waals surface area contributed by atoms with Gasteiger partial charge in [-0.2, -0.15) is 0 Å². The lowest BCUT2D eigenvalue weighted by molar-refractivity contribution is -0.167. The summed E-state index contributed by atoms with van der Waals surface area (Å²) in [4.78, 5) is 38.2. The Morgan fingerprint density at radius 3 is 0.795 bits per heavy atom. The molecule has 0 aliphatic rings. The average Bonchev–Trinajstić information content (AvgIpc) is 3.39. The molecule has 0 bridgehead atoms. The second-order valence-corrected chi connectivity index (χ2v) is 21.7. The minimum atomic E-state index is -0.774. The van der Waals surface area contributed by atoms with Gasteiger partial charge in [-0.15, -0.1) is 0 Å². The molecule has 0 rings (SSSR count). The largest absolute Gasteiger partial charge is 0.462 e. The van der Waals surface area contributed by atoms with Crippen LogP contribution in [0.2, 0.25) is 0 Å². The first-order valence-electron chi connectivity index (χ1n) is 32.1. The Morgan fingerprint density at radius 1 is 0.274 bits per heavy atom. The summed E-state index contributed by atoms with van der Waals surface area (Å²) in [5.74, 6) is -0.863. The minimum Gasteiger partial charge on any atom is -0.462 e. The lowest BCUT2D eigenvalue weighted by atomic mass is 10.0. The molecule has 0 aliphatic carbocycles. The van der Waals surface area contributed by atoms with Crippen molar-refractivity contribution in [1.82, 2.24) is 0 Å². The molecule has 0 saturated heterocycles. The molecule has 0 aliphatic heterocycles. The van der Waals surface area contributed by atoms with Crippen LogP contribution in [0.5, 0.6) is 0 Å². The van der Waals surface area contributed by atoms with E-state index in [2.05, 4.69) is 69.4 Å². The highest BCUT2D eigenvalue weighted by atomic mass is 16.6. The van der Waals surface area contributed by atoms with Crippen LogP contribution in [0.25, 0.3) is 0 Å². The highest BCUT2D eigenvalue weighted by Crippen LogP contribution is 2.17. The van der Waals surface area contributed by atoms with Crippen LogP contribution in [0.3, 0.4) is 0 Å². The molecule has 0 heterocycles. The molecule has 1 atom stereocenters. The van der Waals surface area contributed by atoms with Crippen LogP contribution in [0.1, 0.15) is 342 Å². The zero-order valence-corrected chi connectivity index (χ0v) is 48.9. The Hall–Kier alpha value is -2.63. The van der Waals surface area contributed by atoms with Crippen molar-refractivity contribution >= 4 is 17.9 Å². The summed E-state index contributed by atoms with van der Waals surface area (Å²) in [7, 11) is 0. The van der Waals surface area contributed by atoms with Crippen LogP contribution < -0.4 is 0 Å². The van der Waals surface area contributed by atoms with Crippen molar-refractivity contribution in [3.63, 3.8) is 0 Å². The summed E-state index contributed by atoms with van der Waals surface area (Å²) in [5, 5.41) is 0. The van der Waals surface area contributed by atoms with Gasteiger partial charge in [0.25, 0.3) is 0 Å². The number of rotatable bonds is 59. The highest BCUT2D eigenvalue weighted by Gasteiger charge is 2.19. The van der Waals surface area contributed by atoms with Gasteiger partial charge in [0, 0.05) is 19.3 Å². The molecule has 0 spiro atoms. The summed E-state index contributed by atoms with van der Waals surface area (Å²) >= 11 is 0. The Kier molecular flexibility index (Phi) is 59.7. The monoisotopic (exact) mass is 1020 g/mol. The molecule has 1 unspecified atom stereocenters. The first kappa shape index (κ1) is 70.4. The number of hydrogen-bond donors (Lipinski definition) is 0. The van der Waals surface area contributed by atoms with E-state index < -0.39 is 6.10 Å². The molecule has 73 heavy (non-hydrogen) atoms. The first-order chi connectivity index (χ1) is 36.0. The van der Waals surface area contributed by atoms with Crippen LogP contribution in [-0.4, -0.2) is 37.2 Å². The van der Waals surface area contributed by atoms with E-state index in [1.54, 1.807) is 0 Å². The summed E-state index contributed by atoms with van der Waals surface area (Å²) in [6, 6.07) is 0. The molecule has 0 aromatic rings. The van der Waals surface area contributed by atoms with Crippen molar-refractivity contribution in [2.75, 3.05) is 13.2 Å². The zero-order valence-electron chi connectivity index (χ0n) is 48.9. The Morgan fingerprint density at radius 2 is 0.493 bits per heavy atom. The summed E-state index contributed by atoms with van der Waals surface area (Å²) in [5.41, 5.74) is 0. The topological polar surface area (TPSA) is 78.9 Å². The van der Waals surface area contributed by atoms with Crippen LogP contribution in [0.4, 0.5) is 0 Å². The van der Waals surface area contributed by atoms with E-state index in [-0.39, 0.29) is 31.1 Å². The zero-order chi connectivity index (χ0) is 52.9. The number of ether oxygens (including phenoxy) is 3. The highest BCUT2D eigenvalue weighted by molar-refractivity contribution is 5.71. The van der Waals surface area contributed by atoms with E-state index in [4.69, 9.17) is 14.2 Å². The van der Waals surface area contributed by atoms with Crippen molar-refractivity contribution < 1.29 is 28.6 Å². The molecular weight excluding hydrogens is 901 g/mol. The standard InChI is InChI=1S/C67H122O6/c1-4-7-10-13-16-19-22-25-26-27-28-29-30-31-32-33-34-35-36-37-38-39-40-43-45-48-51-54-57-60-66(69)72-63-64(73-67(70)61-58-55-52-49-46-42-24-21-18-15-12-9-6-3)62-71-65(68)59-56-53-50-47-44-41-23-20-17-14-11-8-5-2/h21-22,24-25,27-28,30-31,64H,4-20,23,26,29,32-63H2,1-3H3/b24-21-,25-22-,28-27-,31-30-. The molecule has 6 heteroatoms. The van der Waals surface area contributed by atoms with Gasteiger partial charge >= 0.3 is 17.9 Å². The number of allylic oxidation sites excluding steroid dienone is 8. The summed E-state index contributed by atoms with van der Waals surface area (Å²) in [6.45, 7) is 6.65. The van der Waals surface area contributed by atoms with E-state index >= 15 is 0 Å². The van der Waals surface area contributed by atoms with Gasteiger partial charge in [-0.05, 0) is 83.5 Å². The second-order valence-electron chi connectivity index (χ2n) is 21.7. The van der Waals surface area contributed by atoms with Crippen molar-refractivity contribution in [3.8, 4) is 0 Å². The van der Waals surface area contributed by atoms with Gasteiger partial charge in [-0.25, -0.2) is 0 Å². The van der Waals surface area contributed by atoms with Gasteiger partial charge in [0.15, 0.2) is 6.10 Å². The van der Waals surface area contributed by atoms with Gasteiger partial charge in [-0.3, -0.25) is 14.4 Å². The third-order valence-corrected chi connectivity index (χ3v) is 14.3. The summed E-state index contributed by atoms with van der Waals surface area (Å²) < 4.78 is 16.9. The van der Waals surface area contributed by atoms with Gasteiger partial charge in [0.1, 0.15) is 13.2 Å². The Bertz CT molecular complexity index is 1270. The molecule has 0 amide bonds. The lowest BCUT2D eigenvalue weighted by Crippen LogP contribution is -2.30. The fraction of sp³-hybridized carbons (Fsp3) is 0.836. The number of hydrogen-bond acceptors (Lipinski definition) is 6. The van der Waals surface area contributed by atoms with E-state index in [1.165, 1.54) is 225 Å². The molecule has 0 N–H and O–H groups in total. The van der Waals surface area contributed by atoms with E-state index in [0.717, 1.165) is 77.0 Å². The third kappa shape index (κ3) is 60.1. The van der Waals surface area contributed by atoms with E-state index in [9.17, 15) is 14.4 Å². The third-order valence-electron chi connectivity index (χ3n) is 14.3. The number of esters is 3. The normalized spacial score (nSPS) is 12.3. The lowest BCUT2D eigenvalue weighted by Gasteiger charge is -2.18. The van der Waals surface area contributed by atoms with Gasteiger partial charge < -0.3 is 14.2 Å². The maximum atomic E-state index is 12.8. The molecule has 0 fully saturated rings. The second kappa shape index (κ2) is 61.9. The Labute approximate surface area is 454 Å². The van der Waals surface area contributed by atoms with Gasteiger partial charge in [0.2, 0.25) is 0 Å². The number of carbonyl (C=O) groups is 3. The van der Waals surface area contributed by atoms with Crippen molar-refractivity contribution in [2.45, 2.75) is 348 Å². The quantitative estimate of drug-likeness (QED) is 0.0261. The molecule has 0 aromatic carbocycles. The predicted molar refractivity (Wildman–Crippen MR) is 316 cm³/mol. The average molecular weight is 1020 g/mol. The SMILES string of the molecule is CCCCCC/C=C\CCCCCCCC(=O)OC(COC(=O)CCCCCCCCCCCCCCC)COC(=O)CCCCCCCCCCCCCCCC/C=C\C/C=C\C/C=C\CCCCCCC. The smallest absolute Gasteiger partial charge is 0.306 e. The minimum absolute atomic E-state index is 0.0722. The Balaban J connectivity index is 4.16. The van der Waals surface area contributed by atoms with E-state index in [0.29, 0.717) is 19.3 Å². The van der Waals surface area contributed by atoms with Crippen molar-refractivity contribution in [1.29, 1.82) is 0 Å². The fourth-order valence-electron chi connectivity index (χ4n) is 9.45. The fourth-order valence-corrected chi connectivity index (χ4v) is 9.45. The molecule has 0 aromatic heterocycles. The molecule has 0 radical (unpaired) electrons. The maximum absolute atomic E-state index is 12.8. The number of unbranched alkanes of at least 4 members (excludes halogenated alkanes) is 40. The van der Waals surface area contributed by atoms with Crippen molar-refractivity contribution in [2.24, 2.45) is 0 Å². The van der Waals surface area contributed by atoms with Crippen LogP contribution in [0, 0.1) is 0 Å².